The Labute approximate surface area is 197 Å². The van der Waals surface area contributed by atoms with Crippen LogP contribution in [0.1, 0.15) is 27.4 Å². The number of nitrogens with zero attached hydrogens (tertiary/aromatic N) is 1. The third-order valence-corrected chi connectivity index (χ3v) is 5.69. The molecule has 0 aliphatic heterocycles. The highest BCUT2D eigenvalue weighted by Crippen LogP contribution is 2.31. The number of phenolic OH excluding ortho intramolecular Hbond substituents is 1. The molecule has 0 saturated carbocycles. The fourth-order valence-electron chi connectivity index (χ4n) is 2.51. The van der Waals surface area contributed by atoms with Gasteiger partial charge in [0.05, 0.1) is 24.7 Å². The largest absolute Gasteiger partial charge is 0.506 e. The van der Waals surface area contributed by atoms with E-state index in [4.69, 9.17) is 5.26 Å². The molecule has 1 unspecified atom stereocenters. The van der Waals surface area contributed by atoms with Gasteiger partial charge >= 0.3 is 6.18 Å². The first kappa shape index (κ1) is 24.2. The first-order valence-corrected chi connectivity index (χ1v) is 10.5. The Bertz CT molecular complexity index is 966. The van der Waals surface area contributed by atoms with Gasteiger partial charge in [-0.2, -0.15) is 18.4 Å². The molecule has 0 saturated heterocycles. The van der Waals surface area contributed by atoms with Crippen molar-refractivity contribution in [2.75, 3.05) is 13.1 Å². The zero-order valence-corrected chi connectivity index (χ0v) is 19.4. The van der Waals surface area contributed by atoms with E-state index in [2.05, 4.69) is 10.6 Å². The Hall–Kier alpha value is -2.08. The Balaban J connectivity index is 2.21. The molecule has 6 nitrogen and oxygen atoms in total. The number of carbonyl (C=O) groups excluding carboxylic acids is 2. The van der Waals surface area contributed by atoms with Crippen LogP contribution in [0.5, 0.6) is 5.75 Å². The summed E-state index contributed by atoms with van der Waals surface area (Å²) in [6, 6.07) is 8.66. The molecule has 0 aliphatic carbocycles. The lowest BCUT2D eigenvalue weighted by atomic mass is 9.97. The summed E-state index contributed by atoms with van der Waals surface area (Å²) in [6.45, 7) is -0.386. The quantitative estimate of drug-likeness (QED) is 0.330. The summed E-state index contributed by atoms with van der Waals surface area (Å²) in [6.07, 6.45) is -4.51. The molecule has 2 rings (SSSR count). The van der Waals surface area contributed by atoms with Crippen molar-refractivity contribution in [2.24, 2.45) is 0 Å². The van der Waals surface area contributed by atoms with Crippen molar-refractivity contribution in [1.29, 1.82) is 5.26 Å². The molecule has 1 atom stereocenters. The van der Waals surface area contributed by atoms with Crippen LogP contribution in [-0.2, 0) is 11.0 Å². The molecule has 3 N–H and O–H groups in total. The SMILES string of the molecule is N#CCNC(=O)C(CNC(=O)c1ccc(C(F)(F)F)cc1)c1cc(I)c(O)c(I)c1. The highest BCUT2D eigenvalue weighted by molar-refractivity contribution is 14.1. The summed E-state index contributed by atoms with van der Waals surface area (Å²) in [4.78, 5) is 24.9. The number of phenols is 1. The summed E-state index contributed by atoms with van der Waals surface area (Å²) in [5.74, 6) is -1.98. The van der Waals surface area contributed by atoms with E-state index in [1.807, 2.05) is 45.2 Å². The fraction of sp³-hybridized carbons (Fsp3) is 0.211. The number of aromatic hydroxyl groups is 1. The molecule has 0 radical (unpaired) electrons. The van der Waals surface area contributed by atoms with Crippen molar-refractivity contribution in [1.82, 2.24) is 10.6 Å². The molecule has 2 amide bonds. The molecule has 0 aliphatic rings. The number of hydrogen-bond acceptors (Lipinski definition) is 4. The van der Waals surface area contributed by atoms with Gasteiger partial charge in [-0.3, -0.25) is 9.59 Å². The van der Waals surface area contributed by atoms with Gasteiger partial charge in [-0.1, -0.05) is 0 Å². The van der Waals surface area contributed by atoms with Crippen LogP contribution in [-0.4, -0.2) is 30.0 Å². The molecule has 0 heterocycles. The van der Waals surface area contributed by atoms with Crippen LogP contribution in [0.25, 0.3) is 0 Å². The number of alkyl halides is 3. The summed E-state index contributed by atoms with van der Waals surface area (Å²) in [5.41, 5.74) is -0.361. The number of carbonyl (C=O) groups is 2. The van der Waals surface area contributed by atoms with Gasteiger partial charge < -0.3 is 15.7 Å². The lowest BCUT2D eigenvalue weighted by Crippen LogP contribution is -2.37. The van der Waals surface area contributed by atoms with E-state index >= 15 is 0 Å². The predicted octanol–water partition coefficient (Wildman–Crippen LogP) is 3.77. The molecule has 0 fully saturated rings. The van der Waals surface area contributed by atoms with Crippen LogP contribution in [0, 0.1) is 18.5 Å². The maximum atomic E-state index is 12.7. The van der Waals surface area contributed by atoms with Gasteiger partial charge in [0.2, 0.25) is 5.91 Å². The van der Waals surface area contributed by atoms with Crippen molar-refractivity contribution in [2.45, 2.75) is 12.1 Å². The Kier molecular flexibility index (Phi) is 8.30. The second-order valence-corrected chi connectivity index (χ2v) is 8.37. The zero-order valence-electron chi connectivity index (χ0n) is 15.1. The van der Waals surface area contributed by atoms with E-state index in [0.29, 0.717) is 12.7 Å². The molecule has 0 spiro atoms. The molecule has 11 heteroatoms. The molecule has 158 valence electrons. The van der Waals surface area contributed by atoms with Gasteiger partial charge in [-0.25, -0.2) is 0 Å². The second-order valence-electron chi connectivity index (χ2n) is 6.05. The number of hydrogen-bond donors (Lipinski definition) is 3. The molecular formula is C19H14F3I2N3O3. The van der Waals surface area contributed by atoms with Gasteiger partial charge in [-0.05, 0) is 87.1 Å². The first-order valence-electron chi connectivity index (χ1n) is 8.32. The Morgan fingerprint density at radius 1 is 1.10 bits per heavy atom. The summed E-state index contributed by atoms with van der Waals surface area (Å²) in [7, 11) is 0. The molecule has 30 heavy (non-hydrogen) atoms. The van der Waals surface area contributed by atoms with E-state index in [1.54, 1.807) is 18.2 Å². The number of halogens is 5. The van der Waals surface area contributed by atoms with Crippen molar-refractivity contribution < 1.29 is 27.9 Å². The minimum atomic E-state index is -4.51. The topological polar surface area (TPSA) is 102 Å². The average Bonchev–Trinajstić information content (AvgIpc) is 2.69. The summed E-state index contributed by atoms with van der Waals surface area (Å²) < 4.78 is 39.0. The zero-order chi connectivity index (χ0) is 22.5. The third-order valence-electron chi connectivity index (χ3n) is 4.04. The monoisotopic (exact) mass is 643 g/mol. The average molecular weight is 643 g/mol. The number of benzene rings is 2. The van der Waals surface area contributed by atoms with Crippen LogP contribution in [0.4, 0.5) is 13.2 Å². The van der Waals surface area contributed by atoms with Gasteiger partial charge in [0, 0.05) is 12.1 Å². The fourth-order valence-corrected chi connectivity index (χ4v) is 4.32. The smallest absolute Gasteiger partial charge is 0.416 e. The van der Waals surface area contributed by atoms with Gasteiger partial charge in [0.25, 0.3) is 5.91 Å². The second kappa shape index (κ2) is 10.3. The normalized spacial score (nSPS) is 12.0. The number of rotatable bonds is 6. The highest BCUT2D eigenvalue weighted by Gasteiger charge is 2.30. The van der Waals surface area contributed by atoms with Crippen LogP contribution in [0.15, 0.2) is 36.4 Å². The van der Waals surface area contributed by atoms with Crippen molar-refractivity contribution >= 4 is 57.0 Å². The first-order chi connectivity index (χ1) is 14.0. The molecule has 2 aromatic carbocycles. The van der Waals surface area contributed by atoms with Crippen LogP contribution < -0.4 is 10.6 Å². The van der Waals surface area contributed by atoms with E-state index < -0.39 is 29.5 Å². The van der Waals surface area contributed by atoms with Crippen molar-refractivity contribution in [3.8, 4) is 11.8 Å². The summed E-state index contributed by atoms with van der Waals surface area (Å²) >= 11 is 3.81. The Morgan fingerprint density at radius 3 is 2.17 bits per heavy atom. The predicted molar refractivity (Wildman–Crippen MR) is 119 cm³/mol. The molecule has 0 aromatic heterocycles. The van der Waals surface area contributed by atoms with E-state index in [1.165, 1.54) is 0 Å². The van der Waals surface area contributed by atoms with Gasteiger partial charge in [0.15, 0.2) is 0 Å². The van der Waals surface area contributed by atoms with E-state index in [9.17, 15) is 27.9 Å². The maximum absolute atomic E-state index is 12.7. The number of amides is 2. The highest BCUT2D eigenvalue weighted by atomic mass is 127. The lowest BCUT2D eigenvalue weighted by molar-refractivity contribution is -0.137. The maximum Gasteiger partial charge on any atom is 0.416 e. The Morgan fingerprint density at radius 2 is 1.67 bits per heavy atom. The van der Waals surface area contributed by atoms with Crippen LogP contribution in [0.3, 0.4) is 0 Å². The minimum Gasteiger partial charge on any atom is -0.506 e. The van der Waals surface area contributed by atoms with Crippen molar-refractivity contribution in [3.05, 3.63) is 60.2 Å². The third kappa shape index (κ3) is 6.21. The number of nitrogens with one attached hydrogen (secondary N) is 2. The van der Waals surface area contributed by atoms with Crippen LogP contribution >= 0.6 is 45.2 Å². The van der Waals surface area contributed by atoms with Gasteiger partial charge in [0.1, 0.15) is 12.3 Å². The summed E-state index contributed by atoms with van der Waals surface area (Å²) in [5, 5.41) is 23.6. The van der Waals surface area contributed by atoms with E-state index in [0.717, 1.165) is 24.3 Å². The lowest BCUT2D eigenvalue weighted by Gasteiger charge is -2.18. The van der Waals surface area contributed by atoms with Crippen LogP contribution in [0.2, 0.25) is 0 Å². The van der Waals surface area contributed by atoms with Crippen molar-refractivity contribution in [3.63, 3.8) is 0 Å². The molecular weight excluding hydrogens is 629 g/mol. The van der Waals surface area contributed by atoms with Gasteiger partial charge in [-0.15, -0.1) is 0 Å². The molecule has 0 bridgehead atoms. The van der Waals surface area contributed by atoms with E-state index in [-0.39, 0.29) is 24.4 Å². The number of nitriles is 1. The molecule has 2 aromatic rings. The minimum absolute atomic E-state index is 0.00838. The standard InChI is InChI=1S/C19H14F3I2N3O3/c20-19(21,22)12-3-1-10(2-4-12)17(29)27-9-13(18(30)26-6-5-25)11-7-14(23)16(28)15(24)8-11/h1-4,7-8,13,28H,6,9H2,(H,26,30)(H,27,29).